The van der Waals surface area contributed by atoms with Crippen LogP contribution < -0.4 is 20.9 Å². The van der Waals surface area contributed by atoms with Crippen LogP contribution in [0.15, 0.2) is 46.6 Å². The van der Waals surface area contributed by atoms with E-state index in [0.29, 0.717) is 30.1 Å². The third kappa shape index (κ3) is 2.63. The molecule has 1 atom stereocenters. The summed E-state index contributed by atoms with van der Waals surface area (Å²) in [5, 5.41) is 10.1. The fourth-order valence-electron chi connectivity index (χ4n) is 4.65. The van der Waals surface area contributed by atoms with Crippen LogP contribution in [0.5, 0.6) is 5.75 Å². The summed E-state index contributed by atoms with van der Waals surface area (Å²) in [7, 11) is 1.55. The third-order valence-electron chi connectivity index (χ3n) is 5.94. The molecule has 0 saturated carbocycles. The molecule has 0 saturated heterocycles. The highest BCUT2D eigenvalue weighted by molar-refractivity contribution is 6.14. The van der Waals surface area contributed by atoms with Gasteiger partial charge >= 0.3 is 0 Å². The molecule has 1 amide bonds. The predicted octanol–water partition coefficient (Wildman–Crippen LogP) is 1.93. The Balaban J connectivity index is 2.16. The first kappa shape index (κ1) is 20.7. The first-order chi connectivity index (χ1) is 14.8. The second-order valence-corrected chi connectivity index (χ2v) is 7.96. The number of aromatic nitrogens is 1. The van der Waals surface area contributed by atoms with Crippen molar-refractivity contribution in [3.05, 3.63) is 69.0 Å². The van der Waals surface area contributed by atoms with Gasteiger partial charge < -0.3 is 24.7 Å². The van der Waals surface area contributed by atoms with E-state index in [1.165, 1.54) is 4.57 Å². The van der Waals surface area contributed by atoms with Crippen LogP contribution in [0.1, 0.15) is 30.7 Å². The number of anilines is 1. The molecule has 8 nitrogen and oxygen atoms in total. The number of carbonyl (C=O) groups excluding carboxylic acids is 1. The molecule has 0 fully saturated rings. The molecule has 4 rings (SSSR count). The number of pyridine rings is 1. The Morgan fingerprint density at radius 3 is 2.65 bits per heavy atom. The summed E-state index contributed by atoms with van der Waals surface area (Å²) in [6.07, 6.45) is 0. The number of nitrogens with two attached hydrogens (primary N) is 1. The number of hydrogen-bond donors (Lipinski definition) is 1. The first-order valence-corrected chi connectivity index (χ1v) is 10.1. The third-order valence-corrected chi connectivity index (χ3v) is 5.94. The summed E-state index contributed by atoms with van der Waals surface area (Å²) in [5.74, 6) is -0.356. The zero-order chi connectivity index (χ0) is 22.5. The highest BCUT2D eigenvalue weighted by Gasteiger charge is 2.61. The Bertz CT molecular complexity index is 1220. The van der Waals surface area contributed by atoms with E-state index in [9.17, 15) is 14.9 Å². The molecule has 3 heterocycles. The first-order valence-electron chi connectivity index (χ1n) is 10.1. The number of nitriles is 1. The monoisotopic (exact) mass is 420 g/mol. The summed E-state index contributed by atoms with van der Waals surface area (Å²) in [6.45, 7) is 6.17. The molecule has 2 aliphatic rings. The van der Waals surface area contributed by atoms with Crippen LogP contribution in [-0.2, 0) is 21.5 Å². The van der Waals surface area contributed by atoms with E-state index < -0.39 is 11.0 Å². The summed E-state index contributed by atoms with van der Waals surface area (Å²) >= 11 is 0. The van der Waals surface area contributed by atoms with Crippen molar-refractivity contribution in [1.29, 1.82) is 5.26 Å². The van der Waals surface area contributed by atoms with E-state index in [4.69, 9.17) is 15.2 Å². The number of ether oxygens (including phenoxy) is 2. The van der Waals surface area contributed by atoms with Crippen LogP contribution >= 0.6 is 0 Å². The van der Waals surface area contributed by atoms with Gasteiger partial charge in [0.2, 0.25) is 11.8 Å². The van der Waals surface area contributed by atoms with Crippen molar-refractivity contribution in [3.63, 3.8) is 0 Å². The molecular formula is C23H24N4O4. The van der Waals surface area contributed by atoms with E-state index in [1.54, 1.807) is 37.1 Å². The lowest BCUT2D eigenvalue weighted by molar-refractivity contribution is -0.121. The zero-order valence-corrected chi connectivity index (χ0v) is 17.9. The average Bonchev–Trinajstić information content (AvgIpc) is 2.97. The van der Waals surface area contributed by atoms with Gasteiger partial charge in [-0.1, -0.05) is 18.2 Å². The number of aryl methyl sites for hydroxylation is 1. The number of para-hydroxylation sites is 1. The van der Waals surface area contributed by atoms with Gasteiger partial charge in [-0.2, -0.15) is 5.26 Å². The Kier molecular flexibility index (Phi) is 4.86. The molecular weight excluding hydrogens is 396 g/mol. The van der Waals surface area contributed by atoms with Crippen molar-refractivity contribution in [2.75, 3.05) is 18.6 Å². The van der Waals surface area contributed by atoms with Crippen LogP contribution in [0.25, 0.3) is 0 Å². The summed E-state index contributed by atoms with van der Waals surface area (Å²) in [5.41, 5.74) is 5.98. The Hall–Kier alpha value is -3.57. The Morgan fingerprint density at radius 1 is 1.29 bits per heavy atom. The molecule has 1 spiro atoms. The lowest BCUT2D eigenvalue weighted by atomic mass is 9.69. The quantitative estimate of drug-likeness (QED) is 0.809. The molecule has 8 heteroatoms. The average molecular weight is 420 g/mol. The minimum atomic E-state index is -1.66. The van der Waals surface area contributed by atoms with Gasteiger partial charge in [0.25, 0.3) is 5.56 Å². The highest BCUT2D eigenvalue weighted by atomic mass is 16.5. The summed E-state index contributed by atoms with van der Waals surface area (Å²) < 4.78 is 12.4. The normalized spacial score (nSPS) is 19.5. The minimum absolute atomic E-state index is 0.0696. The van der Waals surface area contributed by atoms with Crippen LogP contribution in [0.4, 0.5) is 5.69 Å². The van der Waals surface area contributed by atoms with E-state index in [1.807, 2.05) is 26.0 Å². The van der Waals surface area contributed by atoms with Gasteiger partial charge in [-0.05, 0) is 26.8 Å². The molecule has 2 N–H and O–H groups in total. The number of nitrogens with zero attached hydrogens (tertiary/aromatic N) is 3. The summed E-state index contributed by atoms with van der Waals surface area (Å²) in [4.78, 5) is 29.5. The lowest BCUT2D eigenvalue weighted by Gasteiger charge is -2.35. The van der Waals surface area contributed by atoms with Gasteiger partial charge in [0.15, 0.2) is 5.41 Å². The number of benzene rings is 1. The maximum Gasteiger partial charge on any atom is 0.259 e. The van der Waals surface area contributed by atoms with Gasteiger partial charge in [-0.25, -0.2) is 0 Å². The van der Waals surface area contributed by atoms with Crippen LogP contribution in [0.2, 0.25) is 0 Å². The van der Waals surface area contributed by atoms with Crippen molar-refractivity contribution in [2.45, 2.75) is 38.8 Å². The molecule has 2 aromatic rings. The molecule has 1 aromatic carbocycles. The standard InChI is InChI=1S/C23H24N4O4/c1-13(2)27-17-8-6-5-7-15(17)23(22(27)29)16(12-24)20(25)31-18-11-14(3)26(9-10-30-4)21(28)19(18)23/h5-8,11,13H,9-10,25H2,1-4H3. The molecule has 1 aromatic heterocycles. The van der Waals surface area contributed by atoms with Crippen LogP contribution in [0.3, 0.4) is 0 Å². The summed E-state index contributed by atoms with van der Waals surface area (Å²) in [6, 6.07) is 10.8. The van der Waals surface area contributed by atoms with Gasteiger partial charge in [-0.3, -0.25) is 9.59 Å². The molecule has 2 aliphatic heterocycles. The predicted molar refractivity (Wildman–Crippen MR) is 115 cm³/mol. The highest BCUT2D eigenvalue weighted by Crippen LogP contribution is 2.54. The fraction of sp³-hybridized carbons (Fsp3) is 0.348. The SMILES string of the molecule is COCCn1c(C)cc2c(c1=O)C1(C(=O)N(C(C)C)c3ccccc31)C(C#N)=C(N)O2. The maximum absolute atomic E-state index is 14.1. The topological polar surface area (TPSA) is 111 Å². The van der Waals surface area contributed by atoms with E-state index in [0.717, 1.165) is 0 Å². The number of fused-ring (bicyclic) bond motifs is 4. The molecule has 160 valence electrons. The fourth-order valence-corrected chi connectivity index (χ4v) is 4.65. The molecule has 1 unspecified atom stereocenters. The van der Waals surface area contributed by atoms with Crippen LogP contribution in [0, 0.1) is 18.3 Å². The van der Waals surface area contributed by atoms with Gasteiger partial charge in [-0.15, -0.1) is 0 Å². The van der Waals surface area contributed by atoms with E-state index >= 15 is 0 Å². The number of rotatable bonds is 4. The second kappa shape index (κ2) is 7.29. The number of methoxy groups -OCH3 is 1. The van der Waals surface area contributed by atoms with Gasteiger partial charge in [0.05, 0.1) is 12.2 Å². The van der Waals surface area contributed by atoms with Gasteiger partial charge in [0.1, 0.15) is 17.4 Å². The van der Waals surface area contributed by atoms with Crippen molar-refractivity contribution in [3.8, 4) is 11.8 Å². The van der Waals surface area contributed by atoms with Crippen LogP contribution in [-0.4, -0.2) is 30.2 Å². The van der Waals surface area contributed by atoms with Crippen molar-refractivity contribution < 1.29 is 14.3 Å². The van der Waals surface area contributed by atoms with Crippen molar-refractivity contribution in [1.82, 2.24) is 4.57 Å². The van der Waals surface area contributed by atoms with Crippen molar-refractivity contribution in [2.24, 2.45) is 5.73 Å². The minimum Gasteiger partial charge on any atom is -0.440 e. The van der Waals surface area contributed by atoms with Gasteiger partial charge in [0, 0.05) is 42.7 Å². The molecule has 0 aliphatic carbocycles. The molecule has 31 heavy (non-hydrogen) atoms. The lowest BCUT2D eigenvalue weighted by Crippen LogP contribution is -2.51. The molecule has 0 bridgehead atoms. The van der Waals surface area contributed by atoms with Crippen molar-refractivity contribution >= 4 is 11.6 Å². The Morgan fingerprint density at radius 2 is 2.00 bits per heavy atom. The zero-order valence-electron chi connectivity index (χ0n) is 17.9. The second-order valence-electron chi connectivity index (χ2n) is 7.96. The van der Waals surface area contributed by atoms with E-state index in [2.05, 4.69) is 6.07 Å². The largest absolute Gasteiger partial charge is 0.440 e. The number of hydrogen-bond acceptors (Lipinski definition) is 6. The molecule has 0 radical (unpaired) electrons. The van der Waals surface area contributed by atoms with E-state index in [-0.39, 0.29) is 34.7 Å². The number of amides is 1. The Labute approximate surface area is 180 Å². The number of carbonyl (C=O) groups is 1. The maximum atomic E-state index is 14.1. The smallest absolute Gasteiger partial charge is 0.259 e.